The number of nitrogen functional groups attached to an aromatic ring is 1. The van der Waals surface area contributed by atoms with Crippen LogP contribution in [0.25, 0.3) is 0 Å². The number of hydrogen-bond acceptors (Lipinski definition) is 1. The molecule has 0 saturated carbocycles. The third kappa shape index (κ3) is 3.82. The molecule has 0 bridgehead atoms. The van der Waals surface area contributed by atoms with Gasteiger partial charge in [-0.3, -0.25) is 0 Å². The number of aryl methyl sites for hydroxylation is 1. The summed E-state index contributed by atoms with van der Waals surface area (Å²) in [6, 6.07) is 8.24. The molecule has 0 aliphatic carbocycles. The van der Waals surface area contributed by atoms with Crippen LogP contribution >= 0.6 is 0 Å². The second-order valence-corrected chi connectivity index (χ2v) is 4.17. The molecule has 0 aliphatic rings. The molecule has 1 heteroatoms. The van der Waals surface area contributed by atoms with E-state index in [1.165, 1.54) is 31.2 Å². The van der Waals surface area contributed by atoms with E-state index >= 15 is 0 Å². The highest BCUT2D eigenvalue weighted by Gasteiger charge is 2.01. The van der Waals surface area contributed by atoms with Crippen molar-refractivity contribution in [3.05, 3.63) is 29.8 Å². The monoisotopic (exact) mass is 191 g/mol. The van der Waals surface area contributed by atoms with Gasteiger partial charge in [0.15, 0.2) is 0 Å². The lowest BCUT2D eigenvalue weighted by Crippen LogP contribution is -1.97. The first-order chi connectivity index (χ1) is 6.72. The van der Waals surface area contributed by atoms with Crippen molar-refractivity contribution >= 4 is 5.69 Å². The van der Waals surface area contributed by atoms with Gasteiger partial charge >= 0.3 is 0 Å². The fourth-order valence-electron chi connectivity index (χ4n) is 1.73. The van der Waals surface area contributed by atoms with Gasteiger partial charge in [-0.1, -0.05) is 38.8 Å². The Kier molecular flexibility index (Phi) is 4.51. The summed E-state index contributed by atoms with van der Waals surface area (Å²) in [5.41, 5.74) is 7.89. The van der Waals surface area contributed by atoms with E-state index in [0.717, 1.165) is 11.6 Å². The summed E-state index contributed by atoms with van der Waals surface area (Å²) in [6.07, 6.45) is 5.11. The van der Waals surface area contributed by atoms with Gasteiger partial charge in [0.25, 0.3) is 0 Å². The van der Waals surface area contributed by atoms with E-state index in [4.69, 9.17) is 5.73 Å². The lowest BCUT2D eigenvalue weighted by molar-refractivity contribution is 0.486. The first kappa shape index (κ1) is 11.1. The van der Waals surface area contributed by atoms with Crippen molar-refractivity contribution in [2.24, 2.45) is 5.92 Å². The lowest BCUT2D eigenvalue weighted by atomic mass is 9.97. The molecule has 14 heavy (non-hydrogen) atoms. The average Bonchev–Trinajstić information content (AvgIpc) is 2.17. The van der Waals surface area contributed by atoms with Crippen molar-refractivity contribution in [1.29, 1.82) is 0 Å². The highest BCUT2D eigenvalue weighted by molar-refractivity contribution is 5.39. The predicted molar refractivity (Wildman–Crippen MR) is 63.2 cm³/mol. The topological polar surface area (TPSA) is 26.0 Å². The first-order valence-corrected chi connectivity index (χ1v) is 5.56. The minimum absolute atomic E-state index is 0.845. The summed E-state index contributed by atoms with van der Waals surface area (Å²) < 4.78 is 0. The Labute approximate surface area is 87.3 Å². The van der Waals surface area contributed by atoms with Crippen LogP contribution < -0.4 is 5.73 Å². The maximum atomic E-state index is 5.63. The summed E-state index contributed by atoms with van der Waals surface area (Å²) in [4.78, 5) is 0. The Morgan fingerprint density at radius 2 is 1.79 bits per heavy atom. The summed E-state index contributed by atoms with van der Waals surface area (Å²) in [5, 5.41) is 0. The van der Waals surface area contributed by atoms with Crippen molar-refractivity contribution in [2.45, 2.75) is 39.5 Å². The lowest BCUT2D eigenvalue weighted by Gasteiger charge is -2.09. The molecule has 1 aromatic rings. The molecule has 0 fully saturated rings. The van der Waals surface area contributed by atoms with Crippen molar-refractivity contribution in [3.8, 4) is 0 Å². The van der Waals surface area contributed by atoms with E-state index in [2.05, 4.69) is 26.0 Å². The summed E-state index contributed by atoms with van der Waals surface area (Å²) in [6.45, 7) is 4.58. The number of anilines is 1. The minimum Gasteiger partial charge on any atom is -0.399 e. The zero-order chi connectivity index (χ0) is 10.4. The zero-order valence-corrected chi connectivity index (χ0v) is 9.29. The standard InChI is InChI=1S/C13H21N/c1-3-4-11(2)5-6-12-7-9-13(14)10-8-12/h7-11H,3-6,14H2,1-2H3. The summed E-state index contributed by atoms with van der Waals surface area (Å²) >= 11 is 0. The van der Waals surface area contributed by atoms with Gasteiger partial charge in [0.2, 0.25) is 0 Å². The molecule has 1 atom stereocenters. The SMILES string of the molecule is CCCC(C)CCc1ccc(N)cc1. The Hall–Kier alpha value is -0.980. The van der Waals surface area contributed by atoms with Crippen molar-refractivity contribution < 1.29 is 0 Å². The Morgan fingerprint density at radius 3 is 2.36 bits per heavy atom. The molecular formula is C13H21N. The van der Waals surface area contributed by atoms with Crippen LogP contribution in [0.3, 0.4) is 0 Å². The first-order valence-electron chi connectivity index (χ1n) is 5.56. The molecular weight excluding hydrogens is 170 g/mol. The van der Waals surface area contributed by atoms with E-state index < -0.39 is 0 Å². The molecule has 0 heterocycles. The van der Waals surface area contributed by atoms with Crippen LogP contribution in [0, 0.1) is 5.92 Å². The van der Waals surface area contributed by atoms with Gasteiger partial charge in [-0.05, 0) is 36.5 Å². The molecule has 1 nitrogen and oxygen atoms in total. The molecule has 1 aromatic carbocycles. The van der Waals surface area contributed by atoms with E-state index in [9.17, 15) is 0 Å². The van der Waals surface area contributed by atoms with Crippen molar-refractivity contribution in [1.82, 2.24) is 0 Å². The normalized spacial score (nSPS) is 12.7. The van der Waals surface area contributed by atoms with Crippen LogP contribution in [-0.2, 0) is 6.42 Å². The Bertz CT molecular complexity index is 250. The maximum absolute atomic E-state index is 5.63. The number of benzene rings is 1. The molecule has 0 amide bonds. The van der Waals surface area contributed by atoms with Gasteiger partial charge in [-0.25, -0.2) is 0 Å². The molecule has 78 valence electrons. The van der Waals surface area contributed by atoms with Gasteiger partial charge in [-0.2, -0.15) is 0 Å². The predicted octanol–water partition coefficient (Wildman–Crippen LogP) is 3.64. The van der Waals surface area contributed by atoms with Crippen LogP contribution in [-0.4, -0.2) is 0 Å². The highest BCUT2D eigenvalue weighted by atomic mass is 14.5. The second-order valence-electron chi connectivity index (χ2n) is 4.17. The van der Waals surface area contributed by atoms with Gasteiger partial charge in [0, 0.05) is 5.69 Å². The zero-order valence-electron chi connectivity index (χ0n) is 9.29. The molecule has 0 radical (unpaired) electrons. The third-order valence-electron chi connectivity index (χ3n) is 2.69. The molecule has 1 unspecified atom stereocenters. The molecule has 0 spiro atoms. The second kappa shape index (κ2) is 5.69. The number of nitrogens with two attached hydrogens (primary N) is 1. The maximum Gasteiger partial charge on any atom is 0.0314 e. The Balaban J connectivity index is 2.34. The van der Waals surface area contributed by atoms with E-state index in [1.54, 1.807) is 0 Å². The van der Waals surface area contributed by atoms with E-state index in [-0.39, 0.29) is 0 Å². The van der Waals surface area contributed by atoms with Gasteiger partial charge in [-0.15, -0.1) is 0 Å². The van der Waals surface area contributed by atoms with Crippen LogP contribution in [0.1, 0.15) is 38.7 Å². The molecule has 0 aliphatic heterocycles. The summed E-state index contributed by atoms with van der Waals surface area (Å²) in [7, 11) is 0. The minimum atomic E-state index is 0.845. The molecule has 2 N–H and O–H groups in total. The van der Waals surface area contributed by atoms with Crippen LogP contribution in [0.4, 0.5) is 5.69 Å². The third-order valence-corrected chi connectivity index (χ3v) is 2.69. The van der Waals surface area contributed by atoms with Crippen molar-refractivity contribution in [2.75, 3.05) is 5.73 Å². The quantitative estimate of drug-likeness (QED) is 0.706. The number of hydrogen-bond donors (Lipinski definition) is 1. The van der Waals surface area contributed by atoms with E-state index in [0.29, 0.717) is 0 Å². The fraction of sp³-hybridized carbons (Fsp3) is 0.538. The van der Waals surface area contributed by atoms with Gasteiger partial charge in [0.1, 0.15) is 0 Å². The average molecular weight is 191 g/mol. The van der Waals surface area contributed by atoms with Gasteiger partial charge in [0.05, 0.1) is 0 Å². The molecule has 0 aromatic heterocycles. The Morgan fingerprint density at radius 1 is 1.14 bits per heavy atom. The number of rotatable bonds is 5. The van der Waals surface area contributed by atoms with Crippen LogP contribution in [0.2, 0.25) is 0 Å². The van der Waals surface area contributed by atoms with Crippen molar-refractivity contribution in [3.63, 3.8) is 0 Å². The van der Waals surface area contributed by atoms with Crippen LogP contribution in [0.5, 0.6) is 0 Å². The largest absolute Gasteiger partial charge is 0.399 e. The molecule has 1 rings (SSSR count). The summed E-state index contributed by atoms with van der Waals surface area (Å²) in [5.74, 6) is 0.845. The smallest absolute Gasteiger partial charge is 0.0314 e. The van der Waals surface area contributed by atoms with Gasteiger partial charge < -0.3 is 5.73 Å². The van der Waals surface area contributed by atoms with Crippen LogP contribution in [0.15, 0.2) is 24.3 Å². The van der Waals surface area contributed by atoms with E-state index in [1.807, 2.05) is 12.1 Å². The highest BCUT2D eigenvalue weighted by Crippen LogP contribution is 2.15. The molecule has 0 saturated heterocycles. The fourth-order valence-corrected chi connectivity index (χ4v) is 1.73.